The van der Waals surface area contributed by atoms with Gasteiger partial charge in [0.1, 0.15) is 0 Å². The molecule has 0 radical (unpaired) electrons. The molecule has 0 spiro atoms. The van der Waals surface area contributed by atoms with Gasteiger partial charge in [-0.05, 0) is 13.5 Å². The van der Waals surface area contributed by atoms with Gasteiger partial charge in [0.05, 0.1) is 12.6 Å². The second kappa shape index (κ2) is 8.44. The predicted octanol–water partition coefficient (Wildman–Crippen LogP) is 0.195. The van der Waals surface area contributed by atoms with E-state index in [0.29, 0.717) is 13.2 Å². The quantitative estimate of drug-likeness (QED) is 0.609. The Morgan fingerprint density at radius 2 is 2.00 bits per heavy atom. The Bertz CT molecular complexity index is 222. The average molecular weight is 245 g/mol. The van der Waals surface area contributed by atoms with Gasteiger partial charge in [0.15, 0.2) is 0 Å². The van der Waals surface area contributed by atoms with E-state index in [1.54, 1.807) is 7.11 Å². The van der Waals surface area contributed by atoms with Crippen molar-refractivity contribution < 1.29 is 9.53 Å². The van der Waals surface area contributed by atoms with E-state index in [0.717, 1.165) is 6.54 Å². The number of primary amides is 1. The summed E-state index contributed by atoms with van der Waals surface area (Å²) in [5.74, 6) is -0.304. The lowest BCUT2D eigenvalue weighted by molar-refractivity contribution is -0.120. The SMILES string of the molecule is CCN(CC(NC(C)C)C(N)=O)C(C)COC. The summed E-state index contributed by atoms with van der Waals surface area (Å²) in [5.41, 5.74) is 5.40. The van der Waals surface area contributed by atoms with E-state index in [1.165, 1.54) is 0 Å². The smallest absolute Gasteiger partial charge is 0.235 e. The van der Waals surface area contributed by atoms with Gasteiger partial charge in [0.25, 0.3) is 0 Å². The molecule has 0 heterocycles. The number of ether oxygens (including phenoxy) is 1. The third kappa shape index (κ3) is 6.61. The Balaban J connectivity index is 4.42. The highest BCUT2D eigenvalue weighted by molar-refractivity contribution is 5.80. The summed E-state index contributed by atoms with van der Waals surface area (Å²) in [5, 5.41) is 3.18. The molecule has 0 aromatic carbocycles. The second-order valence-electron chi connectivity index (χ2n) is 4.67. The van der Waals surface area contributed by atoms with E-state index in [9.17, 15) is 4.79 Å². The van der Waals surface area contributed by atoms with Gasteiger partial charge in [-0.1, -0.05) is 20.8 Å². The zero-order valence-corrected chi connectivity index (χ0v) is 11.7. The Labute approximate surface area is 105 Å². The Morgan fingerprint density at radius 1 is 1.41 bits per heavy atom. The lowest BCUT2D eigenvalue weighted by Crippen LogP contribution is -2.53. The van der Waals surface area contributed by atoms with Crippen LogP contribution in [0.25, 0.3) is 0 Å². The molecule has 0 fully saturated rings. The number of likely N-dealkylation sites (N-methyl/N-ethyl adjacent to an activating group) is 1. The number of rotatable bonds is 9. The first-order valence-corrected chi connectivity index (χ1v) is 6.20. The number of nitrogens with two attached hydrogens (primary N) is 1. The molecule has 17 heavy (non-hydrogen) atoms. The van der Waals surface area contributed by atoms with Crippen LogP contribution in [0, 0.1) is 0 Å². The molecule has 0 saturated heterocycles. The molecular formula is C12H27N3O2. The van der Waals surface area contributed by atoms with E-state index in [2.05, 4.69) is 24.1 Å². The summed E-state index contributed by atoms with van der Waals surface area (Å²) in [4.78, 5) is 13.6. The summed E-state index contributed by atoms with van der Waals surface area (Å²) >= 11 is 0. The third-order valence-corrected chi connectivity index (χ3v) is 2.73. The minimum absolute atomic E-state index is 0.240. The van der Waals surface area contributed by atoms with Crippen molar-refractivity contribution in [3.05, 3.63) is 0 Å². The fourth-order valence-electron chi connectivity index (χ4n) is 1.83. The molecule has 3 N–H and O–H groups in total. The van der Waals surface area contributed by atoms with Crippen LogP contribution in [0.2, 0.25) is 0 Å². The van der Waals surface area contributed by atoms with Crippen molar-refractivity contribution >= 4 is 5.91 Å². The molecule has 0 aliphatic rings. The van der Waals surface area contributed by atoms with Crippen LogP contribution >= 0.6 is 0 Å². The van der Waals surface area contributed by atoms with Gasteiger partial charge in [-0.15, -0.1) is 0 Å². The maximum Gasteiger partial charge on any atom is 0.235 e. The Kier molecular flexibility index (Phi) is 8.12. The van der Waals surface area contributed by atoms with Gasteiger partial charge in [-0.3, -0.25) is 9.69 Å². The molecule has 5 nitrogen and oxygen atoms in total. The first kappa shape index (κ1) is 16.4. The van der Waals surface area contributed by atoms with Crippen LogP contribution in [0.4, 0.5) is 0 Å². The summed E-state index contributed by atoms with van der Waals surface area (Å²) in [6, 6.07) is 0.207. The molecule has 0 aromatic rings. The normalized spacial score (nSPS) is 15.2. The summed E-state index contributed by atoms with van der Waals surface area (Å²) < 4.78 is 5.13. The largest absolute Gasteiger partial charge is 0.383 e. The molecule has 0 saturated carbocycles. The summed E-state index contributed by atoms with van der Waals surface area (Å²) in [6.45, 7) is 10.3. The van der Waals surface area contributed by atoms with Gasteiger partial charge >= 0.3 is 0 Å². The van der Waals surface area contributed by atoms with E-state index in [4.69, 9.17) is 10.5 Å². The van der Waals surface area contributed by atoms with Crippen LogP contribution in [0.15, 0.2) is 0 Å². The molecule has 0 rings (SSSR count). The minimum Gasteiger partial charge on any atom is -0.383 e. The average Bonchev–Trinajstić information content (AvgIpc) is 2.23. The monoisotopic (exact) mass is 245 g/mol. The molecule has 102 valence electrons. The lowest BCUT2D eigenvalue weighted by Gasteiger charge is -2.31. The molecule has 0 aromatic heterocycles. The minimum atomic E-state index is -0.311. The molecule has 5 heteroatoms. The maximum atomic E-state index is 11.4. The zero-order chi connectivity index (χ0) is 13.4. The van der Waals surface area contributed by atoms with Gasteiger partial charge in [-0.25, -0.2) is 0 Å². The van der Waals surface area contributed by atoms with E-state index >= 15 is 0 Å². The maximum absolute atomic E-state index is 11.4. The molecule has 0 aliphatic carbocycles. The first-order chi connectivity index (χ1) is 7.92. The molecule has 0 bridgehead atoms. The van der Waals surface area contributed by atoms with Crippen molar-refractivity contribution in [3.63, 3.8) is 0 Å². The van der Waals surface area contributed by atoms with Crippen LogP contribution in [-0.2, 0) is 9.53 Å². The first-order valence-electron chi connectivity index (χ1n) is 6.20. The number of methoxy groups -OCH3 is 1. The number of hydrogen-bond donors (Lipinski definition) is 2. The van der Waals surface area contributed by atoms with Crippen LogP contribution in [-0.4, -0.2) is 55.7 Å². The third-order valence-electron chi connectivity index (χ3n) is 2.73. The number of carbonyl (C=O) groups is 1. The highest BCUT2D eigenvalue weighted by atomic mass is 16.5. The zero-order valence-electron chi connectivity index (χ0n) is 11.7. The molecule has 2 atom stereocenters. The predicted molar refractivity (Wildman–Crippen MR) is 69.8 cm³/mol. The number of carbonyl (C=O) groups excluding carboxylic acids is 1. The molecule has 1 amide bonds. The number of nitrogens with zero attached hydrogens (tertiary/aromatic N) is 1. The highest BCUT2D eigenvalue weighted by Crippen LogP contribution is 2.02. The Hall–Kier alpha value is -0.650. The lowest BCUT2D eigenvalue weighted by atomic mass is 10.2. The van der Waals surface area contributed by atoms with E-state index < -0.39 is 0 Å². The van der Waals surface area contributed by atoms with Crippen molar-refractivity contribution in [2.24, 2.45) is 5.73 Å². The molecule has 0 aliphatic heterocycles. The Morgan fingerprint density at radius 3 is 2.35 bits per heavy atom. The fourth-order valence-corrected chi connectivity index (χ4v) is 1.83. The summed E-state index contributed by atoms with van der Waals surface area (Å²) in [7, 11) is 1.68. The van der Waals surface area contributed by atoms with Gasteiger partial charge < -0.3 is 15.8 Å². The van der Waals surface area contributed by atoms with E-state index in [1.807, 2.05) is 13.8 Å². The molecule has 2 unspecified atom stereocenters. The van der Waals surface area contributed by atoms with Crippen LogP contribution in [0.3, 0.4) is 0 Å². The number of nitrogens with one attached hydrogen (secondary N) is 1. The van der Waals surface area contributed by atoms with Crippen molar-refractivity contribution in [1.82, 2.24) is 10.2 Å². The number of amides is 1. The van der Waals surface area contributed by atoms with Crippen molar-refractivity contribution in [2.75, 3.05) is 26.8 Å². The fraction of sp³-hybridized carbons (Fsp3) is 0.917. The second-order valence-corrected chi connectivity index (χ2v) is 4.67. The van der Waals surface area contributed by atoms with Crippen molar-refractivity contribution in [1.29, 1.82) is 0 Å². The molecular weight excluding hydrogens is 218 g/mol. The summed E-state index contributed by atoms with van der Waals surface area (Å²) in [6.07, 6.45) is 0. The van der Waals surface area contributed by atoms with Crippen LogP contribution < -0.4 is 11.1 Å². The van der Waals surface area contributed by atoms with Crippen LogP contribution in [0.5, 0.6) is 0 Å². The topological polar surface area (TPSA) is 67.6 Å². The number of hydrogen-bond acceptors (Lipinski definition) is 4. The van der Waals surface area contributed by atoms with Crippen LogP contribution in [0.1, 0.15) is 27.7 Å². The standard InChI is InChI=1S/C12H27N3O2/c1-6-15(10(4)8-17-5)7-11(12(13)16)14-9(2)3/h9-11,14H,6-8H2,1-5H3,(H2,13,16). The van der Waals surface area contributed by atoms with Crippen molar-refractivity contribution in [3.8, 4) is 0 Å². The van der Waals surface area contributed by atoms with Crippen molar-refractivity contribution in [2.45, 2.75) is 45.8 Å². The van der Waals surface area contributed by atoms with E-state index in [-0.39, 0.29) is 24.0 Å². The van der Waals surface area contributed by atoms with Gasteiger partial charge in [0.2, 0.25) is 5.91 Å². The van der Waals surface area contributed by atoms with Gasteiger partial charge in [0, 0.05) is 25.7 Å². The highest BCUT2D eigenvalue weighted by Gasteiger charge is 2.21. The van der Waals surface area contributed by atoms with Gasteiger partial charge in [-0.2, -0.15) is 0 Å².